The molecule has 2 aliphatic rings. The van der Waals surface area contributed by atoms with Crippen molar-refractivity contribution in [1.82, 2.24) is 20.1 Å². The van der Waals surface area contributed by atoms with Gasteiger partial charge in [0.15, 0.2) is 5.82 Å². The fourth-order valence-electron chi connectivity index (χ4n) is 5.00. The standard InChI is InChI=1S/C28H30N5O4P/c1-17-5-3-6-20(27(17)37-15-18-11-19-9-10-29-13-21(19)25(38)12-18)23-7-4-8-26(31-23)33-24(16-36-2)22(14-30-33)28(34)32-35/h4,6-8,11-12,14,29H,3,5,9-10,13,15-16,38H2,1-2H3. The highest BCUT2D eigenvalue weighted by molar-refractivity contribution is 7.27. The summed E-state index contributed by atoms with van der Waals surface area (Å²) >= 11 is 0. The summed E-state index contributed by atoms with van der Waals surface area (Å²) in [5, 5.41) is 11.5. The first-order valence-electron chi connectivity index (χ1n) is 12.6. The van der Waals surface area contributed by atoms with Crippen LogP contribution < -0.4 is 10.6 Å². The Morgan fingerprint density at radius 1 is 1.24 bits per heavy atom. The molecule has 3 aromatic rings. The summed E-state index contributed by atoms with van der Waals surface area (Å²) in [6.45, 7) is 4.53. The van der Waals surface area contributed by atoms with Crippen molar-refractivity contribution in [2.45, 2.75) is 45.9 Å². The number of carbonyl (C=O) groups excluding carboxylic acids is 1. The molecule has 1 amide bonds. The molecule has 0 bridgehead atoms. The van der Waals surface area contributed by atoms with Crippen LogP contribution in [-0.2, 0) is 35.7 Å². The lowest BCUT2D eigenvalue weighted by molar-refractivity contribution is 0.0995. The third-order valence-electron chi connectivity index (χ3n) is 6.88. The lowest BCUT2D eigenvalue weighted by Gasteiger charge is -2.23. The molecule has 9 nitrogen and oxygen atoms in total. The quantitative estimate of drug-likeness (QED) is 0.344. The molecule has 10 heteroatoms. The van der Waals surface area contributed by atoms with E-state index in [0.717, 1.165) is 54.9 Å². The summed E-state index contributed by atoms with van der Waals surface area (Å²) in [7, 11) is 4.37. The van der Waals surface area contributed by atoms with Gasteiger partial charge in [-0.2, -0.15) is 5.10 Å². The van der Waals surface area contributed by atoms with Crippen LogP contribution in [0.2, 0.25) is 0 Å². The van der Waals surface area contributed by atoms with Gasteiger partial charge in [-0.3, -0.25) is 4.79 Å². The van der Waals surface area contributed by atoms with E-state index in [1.54, 1.807) is 6.07 Å². The minimum absolute atomic E-state index is 0.0765. The van der Waals surface area contributed by atoms with E-state index in [-0.39, 0.29) is 12.2 Å². The minimum Gasteiger partial charge on any atom is -0.488 e. The highest BCUT2D eigenvalue weighted by Crippen LogP contribution is 2.33. The van der Waals surface area contributed by atoms with Crippen LogP contribution in [0.5, 0.6) is 0 Å². The maximum Gasteiger partial charge on any atom is 0.320 e. The first-order valence-corrected chi connectivity index (χ1v) is 13.1. The predicted octanol–water partition coefficient (Wildman–Crippen LogP) is 4.13. The second kappa shape index (κ2) is 11.5. The smallest absolute Gasteiger partial charge is 0.320 e. The van der Waals surface area contributed by atoms with Gasteiger partial charge in [-0.15, -0.1) is 14.1 Å². The van der Waals surface area contributed by atoms with Gasteiger partial charge >= 0.3 is 5.91 Å². The van der Waals surface area contributed by atoms with Crippen LogP contribution in [0.1, 0.15) is 58.2 Å². The van der Waals surface area contributed by atoms with Crippen molar-refractivity contribution in [2.75, 3.05) is 13.7 Å². The van der Waals surface area contributed by atoms with Gasteiger partial charge in [-0.1, -0.05) is 18.2 Å². The van der Waals surface area contributed by atoms with Gasteiger partial charge in [-0.05, 0) is 78.5 Å². The van der Waals surface area contributed by atoms with Crippen LogP contribution in [0.15, 0.2) is 59.1 Å². The Balaban J connectivity index is 1.43. The van der Waals surface area contributed by atoms with Gasteiger partial charge in [0.2, 0.25) is 0 Å². The zero-order chi connectivity index (χ0) is 26.6. The van der Waals surface area contributed by atoms with Crippen molar-refractivity contribution < 1.29 is 14.3 Å². The number of hydrogen-bond acceptors (Lipinski definition) is 7. The van der Waals surface area contributed by atoms with E-state index in [2.05, 4.69) is 50.0 Å². The van der Waals surface area contributed by atoms with Crippen molar-refractivity contribution in [3.05, 3.63) is 92.5 Å². The summed E-state index contributed by atoms with van der Waals surface area (Å²) in [5.74, 6) is 0.443. The Morgan fingerprint density at radius 2 is 2.11 bits per heavy atom. The van der Waals surface area contributed by atoms with Crippen molar-refractivity contribution >= 4 is 26.0 Å². The number of allylic oxidation sites excluding steroid dienone is 3. The van der Waals surface area contributed by atoms with E-state index in [0.29, 0.717) is 18.1 Å². The molecular formula is C28H30N5O4P. The topological polar surface area (TPSA) is 108 Å². The van der Waals surface area contributed by atoms with Crippen molar-refractivity contribution in [3.63, 3.8) is 0 Å². The second-order valence-corrected chi connectivity index (χ2v) is 10.1. The fraction of sp³-hybridized carbons (Fsp3) is 0.321. The molecule has 1 unspecified atom stereocenters. The molecule has 0 radical (unpaired) electrons. The molecule has 0 spiro atoms. The zero-order valence-electron chi connectivity index (χ0n) is 21.5. The van der Waals surface area contributed by atoms with Crippen molar-refractivity contribution in [1.29, 1.82) is 0 Å². The number of ether oxygens (including phenoxy) is 2. The van der Waals surface area contributed by atoms with Gasteiger partial charge in [0, 0.05) is 24.4 Å². The molecule has 0 saturated heterocycles. The molecule has 1 aliphatic carbocycles. The lowest BCUT2D eigenvalue weighted by atomic mass is 9.95. The van der Waals surface area contributed by atoms with Crippen LogP contribution in [-0.4, -0.2) is 34.3 Å². The first-order chi connectivity index (χ1) is 18.5. The number of pyridine rings is 1. The maximum absolute atomic E-state index is 12.0. The number of aromatic nitrogens is 3. The average molecular weight is 532 g/mol. The number of benzene rings is 1. The number of amides is 1. The molecule has 0 fully saturated rings. The van der Waals surface area contributed by atoms with Gasteiger partial charge in [0.25, 0.3) is 0 Å². The van der Waals surface area contributed by atoms with Gasteiger partial charge in [0.05, 0.1) is 29.8 Å². The number of hydrogen-bond donors (Lipinski definition) is 1. The van der Waals surface area contributed by atoms with Gasteiger partial charge < -0.3 is 14.8 Å². The molecule has 1 aliphatic heterocycles. The number of nitrogens with zero attached hydrogens (tertiary/aromatic N) is 4. The number of rotatable bonds is 8. The number of carbonyl (C=O) groups is 1. The Morgan fingerprint density at radius 3 is 2.92 bits per heavy atom. The monoisotopic (exact) mass is 531 g/mol. The molecule has 1 atom stereocenters. The Bertz CT molecular complexity index is 1460. The lowest BCUT2D eigenvalue weighted by Crippen LogP contribution is -2.27. The molecule has 1 aromatic carbocycles. The normalized spacial score (nSPS) is 15.2. The summed E-state index contributed by atoms with van der Waals surface area (Å²) in [6, 6.07) is 10.0. The Hall–Kier alpha value is -3.52. The summed E-state index contributed by atoms with van der Waals surface area (Å²) in [5.41, 5.74) is 7.23. The van der Waals surface area contributed by atoms with E-state index in [1.807, 2.05) is 12.1 Å². The minimum atomic E-state index is -0.893. The van der Waals surface area contributed by atoms with Crippen LogP contribution in [0, 0.1) is 4.91 Å². The van der Waals surface area contributed by atoms with Crippen molar-refractivity contribution in [3.8, 4) is 5.82 Å². The molecule has 3 heterocycles. The third-order valence-corrected chi connectivity index (χ3v) is 7.40. The predicted molar refractivity (Wildman–Crippen MR) is 148 cm³/mol. The van der Waals surface area contributed by atoms with Crippen LogP contribution in [0.3, 0.4) is 0 Å². The second-order valence-electron chi connectivity index (χ2n) is 9.43. The largest absolute Gasteiger partial charge is 0.488 e. The van der Waals surface area contributed by atoms with Gasteiger partial charge in [-0.25, -0.2) is 9.67 Å². The molecule has 2 aromatic heterocycles. The van der Waals surface area contributed by atoms with Crippen LogP contribution >= 0.6 is 9.24 Å². The number of methoxy groups -OCH3 is 1. The third kappa shape index (κ3) is 5.23. The highest BCUT2D eigenvalue weighted by Gasteiger charge is 2.22. The van der Waals surface area contributed by atoms with E-state index in [1.165, 1.54) is 40.0 Å². The van der Waals surface area contributed by atoms with E-state index in [9.17, 15) is 9.70 Å². The fourth-order valence-corrected chi connectivity index (χ4v) is 5.50. The van der Waals surface area contributed by atoms with E-state index in [4.69, 9.17) is 14.5 Å². The summed E-state index contributed by atoms with van der Waals surface area (Å²) in [4.78, 5) is 27.7. The Kier molecular flexibility index (Phi) is 7.88. The molecule has 38 heavy (non-hydrogen) atoms. The summed E-state index contributed by atoms with van der Waals surface area (Å²) < 4.78 is 13.2. The van der Waals surface area contributed by atoms with E-state index >= 15 is 0 Å². The number of nitrogens with one attached hydrogen (secondary N) is 1. The van der Waals surface area contributed by atoms with Gasteiger partial charge in [0.1, 0.15) is 12.4 Å². The maximum atomic E-state index is 12.0. The highest BCUT2D eigenvalue weighted by atomic mass is 31.0. The van der Waals surface area contributed by atoms with Crippen LogP contribution in [0.4, 0.5) is 0 Å². The SMILES string of the molecule is COCc1c(C(=O)N=O)cnn1-c1cccc(C2=CCCC(C)=C2OCc2cc(P)c3c(c2)CCNC3)n1. The molecule has 196 valence electrons. The first kappa shape index (κ1) is 26.1. The molecular weight excluding hydrogens is 501 g/mol. The Labute approximate surface area is 223 Å². The number of nitroso groups, excluding NO2 is 1. The average Bonchev–Trinajstić information content (AvgIpc) is 3.36. The van der Waals surface area contributed by atoms with Crippen LogP contribution in [0.25, 0.3) is 11.4 Å². The van der Waals surface area contributed by atoms with E-state index < -0.39 is 5.91 Å². The van der Waals surface area contributed by atoms with Crippen molar-refractivity contribution in [2.24, 2.45) is 5.18 Å². The molecule has 1 N–H and O–H groups in total. The number of fused-ring (bicyclic) bond motifs is 1. The molecule has 0 saturated carbocycles. The summed E-state index contributed by atoms with van der Waals surface area (Å²) in [6.07, 6.45) is 6.30. The molecule has 5 rings (SSSR count). The zero-order valence-corrected chi connectivity index (χ0v) is 22.6.